The van der Waals surface area contributed by atoms with E-state index in [1.807, 2.05) is 18.2 Å². The van der Waals surface area contributed by atoms with Gasteiger partial charge in [-0.15, -0.1) is 0 Å². The van der Waals surface area contributed by atoms with Crippen molar-refractivity contribution in [2.45, 2.75) is 11.9 Å². The van der Waals surface area contributed by atoms with Gasteiger partial charge < -0.3 is 4.74 Å². The van der Waals surface area contributed by atoms with Crippen LogP contribution in [0.5, 0.6) is 5.75 Å². The Morgan fingerprint density at radius 2 is 2.07 bits per heavy atom. The quantitative estimate of drug-likeness (QED) is 0.763. The van der Waals surface area contributed by atoms with Crippen molar-refractivity contribution in [3.05, 3.63) is 52.2 Å². The molecule has 0 spiro atoms. The summed E-state index contributed by atoms with van der Waals surface area (Å²) in [7, 11) is 0. The molecular weight excluding hydrogens is 272 g/mol. The fourth-order valence-corrected chi connectivity index (χ4v) is 2.41. The summed E-state index contributed by atoms with van der Waals surface area (Å²) < 4.78 is 5.75. The first-order valence-corrected chi connectivity index (χ1v) is 6.74. The SMILES string of the molecule is BrCc1ccccc1OCc1ccsc1. The highest BCUT2D eigenvalue weighted by atomic mass is 79.9. The molecule has 0 aliphatic heterocycles. The van der Waals surface area contributed by atoms with E-state index >= 15 is 0 Å². The van der Waals surface area contributed by atoms with Gasteiger partial charge in [-0.3, -0.25) is 0 Å². The Morgan fingerprint density at radius 1 is 1.20 bits per heavy atom. The van der Waals surface area contributed by atoms with Gasteiger partial charge in [-0.1, -0.05) is 34.1 Å². The third-order valence-electron chi connectivity index (χ3n) is 2.09. The van der Waals surface area contributed by atoms with Crippen LogP contribution in [0.25, 0.3) is 0 Å². The van der Waals surface area contributed by atoms with E-state index in [9.17, 15) is 0 Å². The van der Waals surface area contributed by atoms with Crippen molar-refractivity contribution in [1.29, 1.82) is 0 Å². The van der Waals surface area contributed by atoms with Gasteiger partial charge in [0.25, 0.3) is 0 Å². The van der Waals surface area contributed by atoms with E-state index in [1.54, 1.807) is 11.3 Å². The average Bonchev–Trinajstić information content (AvgIpc) is 2.79. The number of hydrogen-bond donors (Lipinski definition) is 0. The molecule has 0 N–H and O–H groups in total. The number of benzene rings is 1. The standard InChI is InChI=1S/C12H11BrOS/c13-7-11-3-1-2-4-12(11)14-8-10-5-6-15-9-10/h1-6,9H,7-8H2. The fourth-order valence-electron chi connectivity index (χ4n) is 1.29. The van der Waals surface area contributed by atoms with Crippen LogP contribution < -0.4 is 4.74 Å². The van der Waals surface area contributed by atoms with Crippen LogP contribution >= 0.6 is 27.3 Å². The lowest BCUT2D eigenvalue weighted by Crippen LogP contribution is -1.96. The van der Waals surface area contributed by atoms with Crippen LogP contribution in [0.2, 0.25) is 0 Å². The Hall–Kier alpha value is -0.800. The molecule has 0 amide bonds. The van der Waals surface area contributed by atoms with Crippen molar-refractivity contribution in [3.63, 3.8) is 0 Å². The molecule has 0 radical (unpaired) electrons. The Kier molecular flexibility index (Phi) is 3.80. The summed E-state index contributed by atoms with van der Waals surface area (Å²) in [5, 5.41) is 5.00. The van der Waals surface area contributed by atoms with Gasteiger partial charge in [0.1, 0.15) is 12.4 Å². The largest absolute Gasteiger partial charge is 0.489 e. The fraction of sp³-hybridized carbons (Fsp3) is 0.167. The van der Waals surface area contributed by atoms with E-state index in [1.165, 1.54) is 11.1 Å². The Labute approximate surface area is 102 Å². The highest BCUT2D eigenvalue weighted by Gasteiger charge is 2.01. The van der Waals surface area contributed by atoms with E-state index in [4.69, 9.17) is 4.74 Å². The number of ether oxygens (including phenoxy) is 1. The van der Waals surface area contributed by atoms with Crippen molar-refractivity contribution in [1.82, 2.24) is 0 Å². The molecule has 1 aromatic carbocycles. The molecule has 2 aromatic rings. The normalized spacial score (nSPS) is 10.2. The Morgan fingerprint density at radius 3 is 2.80 bits per heavy atom. The molecule has 1 heterocycles. The summed E-state index contributed by atoms with van der Waals surface area (Å²) >= 11 is 5.14. The first-order valence-electron chi connectivity index (χ1n) is 4.68. The lowest BCUT2D eigenvalue weighted by atomic mass is 10.2. The number of halogens is 1. The lowest BCUT2D eigenvalue weighted by molar-refractivity contribution is 0.304. The van der Waals surface area contributed by atoms with Gasteiger partial charge in [-0.05, 0) is 28.5 Å². The second kappa shape index (κ2) is 5.33. The van der Waals surface area contributed by atoms with Gasteiger partial charge in [0, 0.05) is 10.9 Å². The van der Waals surface area contributed by atoms with E-state index < -0.39 is 0 Å². The van der Waals surface area contributed by atoms with Crippen LogP contribution in [-0.4, -0.2) is 0 Å². The maximum Gasteiger partial charge on any atom is 0.123 e. The van der Waals surface area contributed by atoms with Crippen molar-refractivity contribution in [2.75, 3.05) is 0 Å². The van der Waals surface area contributed by atoms with Crippen LogP contribution in [0.1, 0.15) is 11.1 Å². The molecular formula is C12H11BrOS. The predicted molar refractivity (Wildman–Crippen MR) is 67.7 cm³/mol. The van der Waals surface area contributed by atoms with Gasteiger partial charge in [-0.2, -0.15) is 11.3 Å². The second-order valence-corrected chi connectivity index (χ2v) is 4.50. The minimum absolute atomic E-state index is 0.646. The Balaban J connectivity index is 2.04. The minimum atomic E-state index is 0.646. The molecule has 0 unspecified atom stereocenters. The predicted octanol–water partition coefficient (Wildman–Crippen LogP) is 4.22. The summed E-state index contributed by atoms with van der Waals surface area (Å²) in [6, 6.07) is 10.2. The molecule has 3 heteroatoms. The number of thiophene rings is 1. The third kappa shape index (κ3) is 2.83. The topological polar surface area (TPSA) is 9.23 Å². The van der Waals surface area contributed by atoms with Gasteiger partial charge in [0.15, 0.2) is 0 Å². The van der Waals surface area contributed by atoms with Crippen LogP contribution in [0.3, 0.4) is 0 Å². The minimum Gasteiger partial charge on any atom is -0.489 e. The van der Waals surface area contributed by atoms with Crippen LogP contribution in [0, 0.1) is 0 Å². The van der Waals surface area contributed by atoms with E-state index in [0.717, 1.165) is 11.1 Å². The number of hydrogen-bond acceptors (Lipinski definition) is 2. The Bertz CT molecular complexity index is 411. The van der Waals surface area contributed by atoms with Crippen molar-refractivity contribution >= 4 is 27.3 Å². The van der Waals surface area contributed by atoms with Crippen LogP contribution in [0.4, 0.5) is 0 Å². The molecule has 0 bridgehead atoms. The summed E-state index contributed by atoms with van der Waals surface area (Å²) in [4.78, 5) is 0. The zero-order valence-electron chi connectivity index (χ0n) is 8.15. The molecule has 1 aromatic heterocycles. The number of alkyl halides is 1. The second-order valence-electron chi connectivity index (χ2n) is 3.16. The highest BCUT2D eigenvalue weighted by Crippen LogP contribution is 2.21. The van der Waals surface area contributed by atoms with Crippen molar-refractivity contribution in [3.8, 4) is 5.75 Å². The summed E-state index contributed by atoms with van der Waals surface area (Å²) in [6.45, 7) is 0.646. The van der Waals surface area contributed by atoms with Crippen LogP contribution in [-0.2, 0) is 11.9 Å². The van der Waals surface area contributed by atoms with Gasteiger partial charge in [-0.25, -0.2) is 0 Å². The van der Waals surface area contributed by atoms with E-state index in [0.29, 0.717) is 6.61 Å². The van der Waals surface area contributed by atoms with Gasteiger partial charge >= 0.3 is 0 Å². The molecule has 0 fully saturated rings. The lowest BCUT2D eigenvalue weighted by Gasteiger charge is -2.08. The molecule has 0 aliphatic carbocycles. The highest BCUT2D eigenvalue weighted by molar-refractivity contribution is 9.08. The molecule has 0 aliphatic rings. The van der Waals surface area contributed by atoms with Crippen molar-refractivity contribution < 1.29 is 4.74 Å². The number of rotatable bonds is 4. The third-order valence-corrected chi connectivity index (χ3v) is 3.43. The smallest absolute Gasteiger partial charge is 0.123 e. The summed E-state index contributed by atoms with van der Waals surface area (Å²) in [5.74, 6) is 0.959. The zero-order chi connectivity index (χ0) is 10.5. The monoisotopic (exact) mass is 282 g/mol. The summed E-state index contributed by atoms with van der Waals surface area (Å²) in [5.41, 5.74) is 2.41. The van der Waals surface area contributed by atoms with Crippen LogP contribution in [0.15, 0.2) is 41.1 Å². The first-order chi connectivity index (χ1) is 7.40. The molecule has 1 nitrogen and oxygen atoms in total. The molecule has 0 atom stereocenters. The molecule has 78 valence electrons. The maximum absolute atomic E-state index is 5.75. The van der Waals surface area contributed by atoms with Gasteiger partial charge in [0.2, 0.25) is 0 Å². The molecule has 2 rings (SSSR count). The molecule has 0 saturated heterocycles. The summed E-state index contributed by atoms with van der Waals surface area (Å²) in [6.07, 6.45) is 0. The number of para-hydroxylation sites is 1. The zero-order valence-corrected chi connectivity index (χ0v) is 10.6. The maximum atomic E-state index is 5.75. The van der Waals surface area contributed by atoms with E-state index in [2.05, 4.69) is 38.8 Å². The van der Waals surface area contributed by atoms with Crippen molar-refractivity contribution in [2.24, 2.45) is 0 Å². The molecule has 0 saturated carbocycles. The van der Waals surface area contributed by atoms with Gasteiger partial charge in [0.05, 0.1) is 0 Å². The first kappa shape index (κ1) is 10.7. The van der Waals surface area contributed by atoms with E-state index in [-0.39, 0.29) is 0 Å². The average molecular weight is 283 g/mol. The molecule has 15 heavy (non-hydrogen) atoms.